The molecule has 0 N–H and O–H groups in total. The molecular formula is C22H22FNO4S. The molecular weight excluding hydrogens is 393 g/mol. The Hall–Kier alpha value is -2.90. The lowest BCUT2D eigenvalue weighted by molar-refractivity contribution is 0.284. The maximum atomic E-state index is 13.1. The van der Waals surface area contributed by atoms with E-state index in [1.54, 1.807) is 18.2 Å². The van der Waals surface area contributed by atoms with Gasteiger partial charge in [-0.25, -0.2) is 12.8 Å². The lowest BCUT2D eigenvalue weighted by Crippen LogP contribution is -2.26. The first kappa shape index (κ1) is 20.8. The van der Waals surface area contributed by atoms with Gasteiger partial charge in [-0.05, 0) is 47.5 Å². The molecule has 3 aromatic rings. The Bertz CT molecular complexity index is 1050. The minimum Gasteiger partial charge on any atom is -0.493 e. The number of nitrogens with zero attached hydrogens (tertiary/aromatic N) is 1. The number of ether oxygens (including phenoxy) is 2. The topological polar surface area (TPSA) is 55.8 Å². The van der Waals surface area contributed by atoms with Gasteiger partial charge < -0.3 is 9.47 Å². The number of benzene rings is 3. The second kappa shape index (κ2) is 9.07. The molecule has 0 aromatic heterocycles. The molecule has 0 heterocycles. The molecule has 0 unspecified atom stereocenters. The lowest BCUT2D eigenvalue weighted by Gasteiger charge is -2.18. The second-order valence-corrected chi connectivity index (χ2v) is 8.52. The van der Waals surface area contributed by atoms with Crippen molar-refractivity contribution in [1.82, 2.24) is 4.31 Å². The first-order valence-corrected chi connectivity index (χ1v) is 10.4. The third-order valence-corrected chi connectivity index (χ3v) is 6.21. The predicted molar refractivity (Wildman–Crippen MR) is 109 cm³/mol. The zero-order valence-electron chi connectivity index (χ0n) is 16.2. The van der Waals surface area contributed by atoms with E-state index in [1.807, 2.05) is 30.3 Å². The summed E-state index contributed by atoms with van der Waals surface area (Å²) in [4.78, 5) is 0.0381. The van der Waals surface area contributed by atoms with Crippen LogP contribution < -0.4 is 9.47 Å². The smallest absolute Gasteiger partial charge is 0.243 e. The van der Waals surface area contributed by atoms with Crippen LogP contribution in [0.3, 0.4) is 0 Å². The summed E-state index contributed by atoms with van der Waals surface area (Å²) in [6.07, 6.45) is 0. The van der Waals surface area contributed by atoms with Gasteiger partial charge in [0, 0.05) is 13.6 Å². The van der Waals surface area contributed by atoms with E-state index in [4.69, 9.17) is 9.47 Å². The number of hydrogen-bond acceptors (Lipinski definition) is 4. The fourth-order valence-electron chi connectivity index (χ4n) is 2.79. The molecule has 0 saturated carbocycles. The molecule has 0 amide bonds. The van der Waals surface area contributed by atoms with Crippen molar-refractivity contribution in [2.24, 2.45) is 0 Å². The molecule has 0 aliphatic rings. The zero-order valence-corrected chi connectivity index (χ0v) is 17.0. The first-order chi connectivity index (χ1) is 13.9. The Morgan fingerprint density at radius 1 is 0.897 bits per heavy atom. The van der Waals surface area contributed by atoms with Crippen molar-refractivity contribution in [3.63, 3.8) is 0 Å². The van der Waals surface area contributed by atoms with Crippen LogP contribution in [0.1, 0.15) is 11.1 Å². The van der Waals surface area contributed by atoms with E-state index in [0.29, 0.717) is 18.1 Å². The van der Waals surface area contributed by atoms with Crippen LogP contribution in [0, 0.1) is 5.82 Å². The maximum Gasteiger partial charge on any atom is 0.243 e. The maximum absolute atomic E-state index is 13.1. The molecule has 0 atom stereocenters. The largest absolute Gasteiger partial charge is 0.493 e. The Labute approximate surface area is 170 Å². The predicted octanol–water partition coefficient (Wildman–Crippen LogP) is 4.23. The van der Waals surface area contributed by atoms with E-state index < -0.39 is 15.8 Å². The van der Waals surface area contributed by atoms with Gasteiger partial charge in [0.15, 0.2) is 11.5 Å². The van der Waals surface area contributed by atoms with Crippen LogP contribution in [0.2, 0.25) is 0 Å². The van der Waals surface area contributed by atoms with Gasteiger partial charge in [0.2, 0.25) is 10.0 Å². The minimum atomic E-state index is -3.74. The summed E-state index contributed by atoms with van der Waals surface area (Å²) in [5, 5.41) is 0. The molecule has 0 spiro atoms. The van der Waals surface area contributed by atoms with Crippen molar-refractivity contribution in [2.75, 3.05) is 14.2 Å². The fraction of sp³-hybridized carbons (Fsp3) is 0.182. The van der Waals surface area contributed by atoms with Crippen molar-refractivity contribution in [2.45, 2.75) is 18.0 Å². The highest BCUT2D eigenvalue weighted by molar-refractivity contribution is 7.89. The molecule has 29 heavy (non-hydrogen) atoms. The summed E-state index contributed by atoms with van der Waals surface area (Å²) >= 11 is 0. The fourth-order valence-corrected chi connectivity index (χ4v) is 3.95. The quantitative estimate of drug-likeness (QED) is 0.552. The number of rotatable bonds is 8. The molecule has 0 saturated heterocycles. The number of halogens is 1. The minimum absolute atomic E-state index is 0.0381. The van der Waals surface area contributed by atoms with Crippen molar-refractivity contribution >= 4 is 10.0 Å². The highest BCUT2D eigenvalue weighted by Gasteiger charge is 2.21. The summed E-state index contributed by atoms with van der Waals surface area (Å²) < 4.78 is 50.9. The van der Waals surface area contributed by atoms with Gasteiger partial charge in [-0.1, -0.05) is 36.4 Å². The highest BCUT2D eigenvalue weighted by atomic mass is 32.2. The SMILES string of the molecule is COc1cc(CN(C)S(=O)(=O)c2ccc(F)cc2)ccc1OCc1ccccc1. The summed E-state index contributed by atoms with van der Waals surface area (Å²) in [6, 6.07) is 19.8. The van der Waals surface area contributed by atoms with E-state index in [0.717, 1.165) is 23.3 Å². The standard InChI is InChI=1S/C22H22FNO4S/c1-24(29(25,26)20-11-9-19(23)10-12-20)15-18-8-13-21(22(14-18)27-2)28-16-17-6-4-3-5-7-17/h3-14H,15-16H2,1-2H3. The summed E-state index contributed by atoms with van der Waals surface area (Å²) in [5.41, 5.74) is 1.77. The highest BCUT2D eigenvalue weighted by Crippen LogP contribution is 2.30. The molecule has 5 nitrogen and oxygen atoms in total. The third-order valence-electron chi connectivity index (χ3n) is 4.39. The van der Waals surface area contributed by atoms with Gasteiger partial charge in [0.1, 0.15) is 12.4 Å². The zero-order chi connectivity index (χ0) is 20.9. The van der Waals surface area contributed by atoms with E-state index in [1.165, 1.54) is 30.6 Å². The molecule has 0 bridgehead atoms. The third kappa shape index (κ3) is 5.13. The van der Waals surface area contributed by atoms with E-state index in [9.17, 15) is 12.8 Å². The van der Waals surface area contributed by atoms with Crippen LogP contribution in [-0.4, -0.2) is 26.9 Å². The average Bonchev–Trinajstić information content (AvgIpc) is 2.73. The van der Waals surface area contributed by atoms with Crippen LogP contribution in [0.4, 0.5) is 4.39 Å². The summed E-state index contributed by atoms with van der Waals surface area (Å²) in [7, 11) is -0.723. The van der Waals surface area contributed by atoms with Crippen LogP contribution in [-0.2, 0) is 23.2 Å². The lowest BCUT2D eigenvalue weighted by atomic mass is 10.2. The van der Waals surface area contributed by atoms with Crippen LogP contribution in [0.15, 0.2) is 77.7 Å². The number of methoxy groups -OCH3 is 1. The van der Waals surface area contributed by atoms with E-state index in [2.05, 4.69) is 0 Å². The normalized spacial score (nSPS) is 11.4. The van der Waals surface area contributed by atoms with Crippen molar-refractivity contribution in [3.05, 3.63) is 89.7 Å². The second-order valence-electron chi connectivity index (χ2n) is 6.47. The van der Waals surface area contributed by atoms with Gasteiger partial charge >= 0.3 is 0 Å². The Balaban J connectivity index is 1.73. The van der Waals surface area contributed by atoms with Gasteiger partial charge in [0.05, 0.1) is 12.0 Å². The van der Waals surface area contributed by atoms with Crippen molar-refractivity contribution in [1.29, 1.82) is 0 Å². The van der Waals surface area contributed by atoms with E-state index in [-0.39, 0.29) is 11.4 Å². The van der Waals surface area contributed by atoms with Crippen molar-refractivity contribution < 1.29 is 22.3 Å². The van der Waals surface area contributed by atoms with Gasteiger partial charge in [-0.2, -0.15) is 4.31 Å². The first-order valence-electron chi connectivity index (χ1n) is 8.95. The molecule has 0 radical (unpaired) electrons. The summed E-state index contributed by atoms with van der Waals surface area (Å²) in [5.74, 6) is 0.609. The van der Waals surface area contributed by atoms with Crippen LogP contribution in [0.5, 0.6) is 11.5 Å². The van der Waals surface area contributed by atoms with Gasteiger partial charge in [-0.3, -0.25) is 0 Å². The Morgan fingerprint density at radius 3 is 2.24 bits per heavy atom. The number of hydrogen-bond donors (Lipinski definition) is 0. The summed E-state index contributed by atoms with van der Waals surface area (Å²) in [6.45, 7) is 0.532. The van der Waals surface area contributed by atoms with Gasteiger partial charge in [-0.15, -0.1) is 0 Å². The van der Waals surface area contributed by atoms with Crippen LogP contribution in [0.25, 0.3) is 0 Å². The van der Waals surface area contributed by atoms with Crippen LogP contribution >= 0.6 is 0 Å². The molecule has 3 rings (SSSR count). The Morgan fingerprint density at radius 2 is 1.59 bits per heavy atom. The molecule has 3 aromatic carbocycles. The van der Waals surface area contributed by atoms with Crippen molar-refractivity contribution in [3.8, 4) is 11.5 Å². The molecule has 0 aliphatic heterocycles. The molecule has 0 fully saturated rings. The number of sulfonamides is 1. The van der Waals surface area contributed by atoms with Gasteiger partial charge in [0.25, 0.3) is 0 Å². The van der Waals surface area contributed by atoms with E-state index >= 15 is 0 Å². The Kier molecular flexibility index (Phi) is 6.51. The molecule has 7 heteroatoms. The monoisotopic (exact) mass is 415 g/mol. The molecule has 0 aliphatic carbocycles. The molecule has 152 valence electrons. The average molecular weight is 415 g/mol.